The van der Waals surface area contributed by atoms with E-state index in [1.807, 2.05) is 30.3 Å². The predicted molar refractivity (Wildman–Crippen MR) is 145 cm³/mol. The first kappa shape index (κ1) is 24.9. The first-order valence-corrected chi connectivity index (χ1v) is 13.7. The fourth-order valence-electron chi connectivity index (χ4n) is 3.72. The molecule has 3 aromatic carbocycles. The summed E-state index contributed by atoms with van der Waals surface area (Å²) in [5, 5.41) is 10.8. The van der Waals surface area contributed by atoms with Crippen molar-refractivity contribution in [1.82, 2.24) is 14.5 Å². The topological polar surface area (TPSA) is 137 Å². The number of carbonyl (C=O) groups excluding carboxylic acids is 1. The molecule has 5 rings (SSSR count). The minimum Gasteiger partial charge on any atom is -0.310 e. The van der Waals surface area contributed by atoms with Gasteiger partial charge in [0.15, 0.2) is 5.16 Å². The van der Waals surface area contributed by atoms with Gasteiger partial charge in [-0.1, -0.05) is 47.6 Å². The molecule has 5 aromatic rings. The lowest BCUT2D eigenvalue weighted by molar-refractivity contribution is -0.113. The van der Waals surface area contributed by atoms with Gasteiger partial charge in [-0.2, -0.15) is 0 Å². The molecule has 0 saturated heterocycles. The molecule has 0 aliphatic rings. The zero-order chi connectivity index (χ0) is 26.2. The lowest BCUT2D eigenvalue weighted by Gasteiger charge is -2.14. The second-order valence-corrected chi connectivity index (χ2v) is 10.9. The Morgan fingerprint density at radius 2 is 1.73 bits per heavy atom. The minimum absolute atomic E-state index is 0.0644. The van der Waals surface area contributed by atoms with E-state index in [0.29, 0.717) is 27.4 Å². The van der Waals surface area contributed by atoms with Gasteiger partial charge in [0.25, 0.3) is 5.56 Å². The van der Waals surface area contributed by atoms with Crippen LogP contribution in [0.4, 0.5) is 5.82 Å². The molecule has 0 fully saturated rings. The van der Waals surface area contributed by atoms with Crippen molar-refractivity contribution in [2.24, 2.45) is 5.14 Å². The second-order valence-electron chi connectivity index (χ2n) is 7.99. The third-order valence-electron chi connectivity index (χ3n) is 5.46. The van der Waals surface area contributed by atoms with Crippen molar-refractivity contribution < 1.29 is 13.2 Å². The van der Waals surface area contributed by atoms with Crippen molar-refractivity contribution in [3.8, 4) is 5.69 Å². The molecule has 9 nitrogen and oxygen atoms in total. The molecular formula is C25H18ClN5O4S2. The number of anilines is 1. The van der Waals surface area contributed by atoms with E-state index in [4.69, 9.17) is 21.7 Å². The summed E-state index contributed by atoms with van der Waals surface area (Å²) in [7, 11) is -3.91. The van der Waals surface area contributed by atoms with Crippen LogP contribution in [0, 0.1) is 0 Å². The Morgan fingerprint density at radius 3 is 2.38 bits per heavy atom. The van der Waals surface area contributed by atoms with Gasteiger partial charge in [0.2, 0.25) is 15.9 Å². The molecule has 12 heteroatoms. The van der Waals surface area contributed by atoms with Crippen LogP contribution >= 0.6 is 23.4 Å². The number of amides is 1. The number of carbonyl (C=O) groups is 1. The quantitative estimate of drug-likeness (QED) is 0.185. The molecule has 2 aromatic heterocycles. The molecule has 0 radical (unpaired) electrons. The van der Waals surface area contributed by atoms with E-state index < -0.39 is 10.0 Å². The van der Waals surface area contributed by atoms with Crippen LogP contribution in [0.15, 0.2) is 93.8 Å². The molecule has 37 heavy (non-hydrogen) atoms. The van der Waals surface area contributed by atoms with E-state index in [0.717, 1.165) is 22.5 Å². The van der Waals surface area contributed by atoms with Crippen LogP contribution in [-0.2, 0) is 14.8 Å². The van der Waals surface area contributed by atoms with Crippen LogP contribution < -0.4 is 16.0 Å². The van der Waals surface area contributed by atoms with Gasteiger partial charge in [0.1, 0.15) is 5.82 Å². The maximum Gasteiger partial charge on any atom is 0.266 e. The summed E-state index contributed by atoms with van der Waals surface area (Å²) in [5.41, 5.74) is 0.493. The lowest BCUT2D eigenvalue weighted by Crippen LogP contribution is -2.23. The number of nitrogens with one attached hydrogen (secondary N) is 1. The maximum absolute atomic E-state index is 13.7. The molecule has 0 aliphatic heterocycles. The number of rotatable bonds is 6. The fourth-order valence-corrected chi connectivity index (χ4v) is 5.16. The molecular weight excluding hydrogens is 534 g/mol. The lowest BCUT2D eigenvalue weighted by atomic mass is 10.1. The van der Waals surface area contributed by atoms with E-state index in [-0.39, 0.29) is 27.3 Å². The number of hydrogen-bond acceptors (Lipinski definition) is 7. The van der Waals surface area contributed by atoms with E-state index in [1.165, 1.54) is 35.0 Å². The Balaban J connectivity index is 1.57. The number of halogens is 1. The van der Waals surface area contributed by atoms with Gasteiger partial charge in [0, 0.05) is 6.20 Å². The normalized spacial score (nSPS) is 11.6. The van der Waals surface area contributed by atoms with E-state index >= 15 is 0 Å². The number of thioether (sulfide) groups is 1. The van der Waals surface area contributed by atoms with Crippen molar-refractivity contribution in [3.05, 3.63) is 94.4 Å². The molecule has 3 N–H and O–H groups in total. The van der Waals surface area contributed by atoms with Gasteiger partial charge in [-0.25, -0.2) is 23.5 Å². The summed E-state index contributed by atoms with van der Waals surface area (Å²) >= 11 is 6.90. The van der Waals surface area contributed by atoms with Crippen molar-refractivity contribution in [2.75, 3.05) is 11.1 Å². The Bertz CT molecular complexity index is 1820. The molecule has 0 spiro atoms. The third-order valence-corrected chi connectivity index (χ3v) is 7.55. The van der Waals surface area contributed by atoms with Crippen LogP contribution in [0.2, 0.25) is 5.02 Å². The predicted octanol–water partition coefficient (Wildman–Crippen LogP) is 3.97. The Hall–Kier alpha value is -3.77. The van der Waals surface area contributed by atoms with E-state index in [2.05, 4.69) is 10.3 Å². The summed E-state index contributed by atoms with van der Waals surface area (Å²) < 4.78 is 24.7. The monoisotopic (exact) mass is 551 g/mol. The van der Waals surface area contributed by atoms with Crippen LogP contribution in [0.1, 0.15) is 0 Å². The van der Waals surface area contributed by atoms with Gasteiger partial charge < -0.3 is 5.32 Å². The SMILES string of the molecule is NS(=O)(=O)c1ccc(-n2c(SCC(=O)Nc3ccc(Cl)cn3)nc3cc4ccccc4cc3c2=O)cc1. The van der Waals surface area contributed by atoms with Crippen LogP contribution in [0.3, 0.4) is 0 Å². The van der Waals surface area contributed by atoms with Crippen molar-refractivity contribution >= 4 is 66.8 Å². The minimum atomic E-state index is -3.91. The fraction of sp³-hybridized carbons (Fsp3) is 0.0400. The number of pyridine rings is 1. The summed E-state index contributed by atoms with van der Waals surface area (Å²) in [4.78, 5) is 34.9. The number of nitrogens with two attached hydrogens (primary N) is 1. The molecule has 0 atom stereocenters. The molecule has 0 aliphatic carbocycles. The second kappa shape index (κ2) is 9.94. The highest BCUT2D eigenvalue weighted by atomic mass is 35.5. The number of aromatic nitrogens is 3. The summed E-state index contributed by atoms with van der Waals surface area (Å²) in [5.74, 6) is -0.0850. The average Bonchev–Trinajstić information content (AvgIpc) is 2.87. The van der Waals surface area contributed by atoms with Crippen molar-refractivity contribution in [1.29, 1.82) is 0 Å². The Kier molecular flexibility index (Phi) is 6.69. The van der Waals surface area contributed by atoms with E-state index in [9.17, 15) is 18.0 Å². The number of primary sulfonamides is 1. The molecule has 186 valence electrons. The number of nitrogens with zero attached hydrogens (tertiary/aromatic N) is 3. The third kappa shape index (κ3) is 5.35. The molecule has 0 bridgehead atoms. The average molecular weight is 552 g/mol. The molecule has 1 amide bonds. The smallest absolute Gasteiger partial charge is 0.266 e. The standard InChI is InChI=1S/C25H18ClN5O4S2/c26-17-5-10-22(28-13-17)30-23(32)14-36-25-29-21-12-16-4-2-1-3-15(16)11-20(21)24(33)31(25)18-6-8-19(9-7-18)37(27,34)35/h1-13H,14H2,(H2,27,34,35)(H,28,30,32). The first-order valence-electron chi connectivity index (χ1n) is 10.8. The van der Waals surface area contributed by atoms with Gasteiger partial charge in [0.05, 0.1) is 32.3 Å². The van der Waals surface area contributed by atoms with Gasteiger partial charge in [-0.15, -0.1) is 0 Å². The number of hydrogen-bond donors (Lipinski definition) is 2. The number of sulfonamides is 1. The highest BCUT2D eigenvalue weighted by molar-refractivity contribution is 7.99. The van der Waals surface area contributed by atoms with Gasteiger partial charge in [-0.3, -0.25) is 14.2 Å². The summed E-state index contributed by atoms with van der Waals surface area (Å²) in [6, 6.07) is 19.9. The summed E-state index contributed by atoms with van der Waals surface area (Å²) in [6.45, 7) is 0. The number of fused-ring (bicyclic) bond motifs is 2. The Labute approximate surface area is 220 Å². The molecule has 0 unspecified atom stereocenters. The maximum atomic E-state index is 13.7. The van der Waals surface area contributed by atoms with E-state index in [1.54, 1.807) is 18.2 Å². The highest BCUT2D eigenvalue weighted by Crippen LogP contribution is 2.25. The zero-order valence-electron chi connectivity index (χ0n) is 19.0. The van der Waals surface area contributed by atoms with Gasteiger partial charge in [-0.05, 0) is 59.3 Å². The van der Waals surface area contributed by atoms with Crippen molar-refractivity contribution in [3.63, 3.8) is 0 Å². The highest BCUT2D eigenvalue weighted by Gasteiger charge is 2.17. The Morgan fingerprint density at radius 1 is 1.03 bits per heavy atom. The van der Waals surface area contributed by atoms with Crippen LogP contribution in [0.5, 0.6) is 0 Å². The first-order chi connectivity index (χ1) is 17.7. The summed E-state index contributed by atoms with van der Waals surface area (Å²) in [6.07, 6.45) is 1.42. The zero-order valence-corrected chi connectivity index (χ0v) is 21.3. The largest absolute Gasteiger partial charge is 0.310 e. The molecule has 0 saturated carbocycles. The van der Waals surface area contributed by atoms with Crippen LogP contribution in [0.25, 0.3) is 27.4 Å². The number of benzene rings is 3. The van der Waals surface area contributed by atoms with Gasteiger partial charge >= 0.3 is 0 Å². The van der Waals surface area contributed by atoms with Crippen LogP contribution in [-0.4, -0.2) is 34.6 Å². The molecule has 2 heterocycles. The van der Waals surface area contributed by atoms with Crippen molar-refractivity contribution in [2.45, 2.75) is 10.1 Å².